The molecule has 0 unspecified atom stereocenters. The molecule has 86 valence electrons. The van der Waals surface area contributed by atoms with Gasteiger partial charge in [0.15, 0.2) is 0 Å². The molecule has 0 saturated heterocycles. The lowest BCUT2D eigenvalue weighted by molar-refractivity contribution is -0.0596. The molecule has 0 aromatic heterocycles. The van der Waals surface area contributed by atoms with Gasteiger partial charge in [-0.1, -0.05) is 20.8 Å². The Hall–Kier alpha value is -0.0800. The van der Waals surface area contributed by atoms with Gasteiger partial charge in [-0.15, -0.1) is 0 Å². The number of ether oxygens (including phenoxy) is 1. The fraction of sp³-hybridized carbons (Fsp3) is 1.00. The van der Waals surface area contributed by atoms with Crippen LogP contribution in [0.5, 0.6) is 0 Å². The van der Waals surface area contributed by atoms with Crippen molar-refractivity contribution in [2.45, 2.75) is 71.5 Å². The van der Waals surface area contributed by atoms with Gasteiger partial charge in [0, 0.05) is 0 Å². The largest absolute Gasteiger partial charge is 0.390 e. The average Bonchev–Trinajstić information content (AvgIpc) is 2.17. The van der Waals surface area contributed by atoms with E-state index in [2.05, 4.69) is 20.8 Å². The molecule has 0 aromatic rings. The summed E-state index contributed by atoms with van der Waals surface area (Å²) < 4.78 is 5.72. The highest BCUT2D eigenvalue weighted by Gasteiger charge is 2.23. The first kappa shape index (κ1) is 13.9. The maximum atomic E-state index is 10.0. The molecule has 0 rings (SSSR count). The van der Waals surface area contributed by atoms with Crippen LogP contribution in [-0.4, -0.2) is 22.9 Å². The molecule has 0 radical (unpaired) electrons. The van der Waals surface area contributed by atoms with E-state index in [4.69, 9.17) is 4.74 Å². The quantitative estimate of drug-likeness (QED) is 0.687. The zero-order valence-corrected chi connectivity index (χ0v) is 10.4. The van der Waals surface area contributed by atoms with Crippen LogP contribution in [0.1, 0.15) is 60.3 Å². The first-order valence-electron chi connectivity index (χ1n) is 5.75. The lowest BCUT2D eigenvalue weighted by Gasteiger charge is -2.29. The zero-order chi connectivity index (χ0) is 11.2. The highest BCUT2D eigenvalue weighted by molar-refractivity contribution is 4.75. The summed E-state index contributed by atoms with van der Waals surface area (Å²) in [4.78, 5) is 0. The van der Waals surface area contributed by atoms with Crippen LogP contribution in [0.4, 0.5) is 0 Å². The molecule has 1 N–H and O–H groups in total. The standard InChI is InChI=1S/C12H26O2/c1-6-11(4,5)14-10-9-12(13,7-2)8-3/h13H,6-10H2,1-5H3. The average molecular weight is 202 g/mol. The number of rotatable bonds is 7. The molecule has 0 fully saturated rings. The molecule has 0 aromatic carbocycles. The third-order valence-corrected chi connectivity index (χ3v) is 3.23. The minimum Gasteiger partial charge on any atom is -0.390 e. The van der Waals surface area contributed by atoms with E-state index in [-0.39, 0.29) is 5.60 Å². The predicted octanol–water partition coefficient (Wildman–Crippen LogP) is 3.13. The summed E-state index contributed by atoms with van der Waals surface area (Å²) in [6.07, 6.45) is 3.35. The van der Waals surface area contributed by atoms with Crippen LogP contribution in [0, 0.1) is 0 Å². The van der Waals surface area contributed by atoms with Crippen molar-refractivity contribution in [3.8, 4) is 0 Å². The molecule has 0 aliphatic carbocycles. The van der Waals surface area contributed by atoms with Crippen molar-refractivity contribution in [1.82, 2.24) is 0 Å². The van der Waals surface area contributed by atoms with Crippen molar-refractivity contribution in [2.24, 2.45) is 0 Å². The lowest BCUT2D eigenvalue weighted by Crippen LogP contribution is -2.31. The van der Waals surface area contributed by atoms with Gasteiger partial charge in [0.1, 0.15) is 0 Å². The van der Waals surface area contributed by atoms with Crippen molar-refractivity contribution in [3.63, 3.8) is 0 Å². The van der Waals surface area contributed by atoms with E-state index in [0.29, 0.717) is 6.61 Å². The number of aliphatic hydroxyl groups is 1. The van der Waals surface area contributed by atoms with Crippen LogP contribution < -0.4 is 0 Å². The molecule has 2 heteroatoms. The van der Waals surface area contributed by atoms with Crippen molar-refractivity contribution < 1.29 is 9.84 Å². The van der Waals surface area contributed by atoms with Gasteiger partial charge >= 0.3 is 0 Å². The van der Waals surface area contributed by atoms with Crippen LogP contribution in [-0.2, 0) is 4.74 Å². The summed E-state index contributed by atoms with van der Waals surface area (Å²) in [5, 5.41) is 10.0. The van der Waals surface area contributed by atoms with E-state index in [0.717, 1.165) is 25.7 Å². The fourth-order valence-electron chi connectivity index (χ4n) is 1.22. The third-order valence-electron chi connectivity index (χ3n) is 3.23. The van der Waals surface area contributed by atoms with Crippen molar-refractivity contribution >= 4 is 0 Å². The summed E-state index contributed by atoms with van der Waals surface area (Å²) in [6, 6.07) is 0. The van der Waals surface area contributed by atoms with E-state index in [1.165, 1.54) is 0 Å². The van der Waals surface area contributed by atoms with E-state index in [1.54, 1.807) is 0 Å². The summed E-state index contributed by atoms with van der Waals surface area (Å²) in [6.45, 7) is 11.0. The summed E-state index contributed by atoms with van der Waals surface area (Å²) in [7, 11) is 0. The van der Waals surface area contributed by atoms with Crippen LogP contribution in [0.25, 0.3) is 0 Å². The van der Waals surface area contributed by atoms with Gasteiger partial charge in [0.25, 0.3) is 0 Å². The highest BCUT2D eigenvalue weighted by Crippen LogP contribution is 2.21. The second kappa shape index (κ2) is 5.72. The van der Waals surface area contributed by atoms with Gasteiger partial charge in [0.05, 0.1) is 17.8 Å². The molecule has 0 saturated carbocycles. The normalized spacial score (nSPS) is 13.3. The van der Waals surface area contributed by atoms with Crippen LogP contribution in [0.15, 0.2) is 0 Å². The SMILES string of the molecule is CCC(O)(CC)CCOC(C)(C)CC. The Morgan fingerprint density at radius 3 is 1.86 bits per heavy atom. The molecular formula is C12H26O2. The van der Waals surface area contributed by atoms with E-state index in [9.17, 15) is 5.11 Å². The Morgan fingerprint density at radius 2 is 1.50 bits per heavy atom. The minimum absolute atomic E-state index is 0.0532. The number of hydrogen-bond donors (Lipinski definition) is 1. The van der Waals surface area contributed by atoms with E-state index in [1.807, 2.05) is 13.8 Å². The van der Waals surface area contributed by atoms with E-state index < -0.39 is 5.60 Å². The first-order valence-corrected chi connectivity index (χ1v) is 5.75. The van der Waals surface area contributed by atoms with Gasteiger partial charge in [-0.05, 0) is 39.5 Å². The van der Waals surface area contributed by atoms with Crippen LogP contribution in [0.3, 0.4) is 0 Å². The smallest absolute Gasteiger partial charge is 0.0664 e. The molecule has 0 aliphatic rings. The van der Waals surface area contributed by atoms with Gasteiger partial charge in [0.2, 0.25) is 0 Å². The molecule has 2 nitrogen and oxygen atoms in total. The fourth-order valence-corrected chi connectivity index (χ4v) is 1.22. The topological polar surface area (TPSA) is 29.5 Å². The molecule has 14 heavy (non-hydrogen) atoms. The van der Waals surface area contributed by atoms with Crippen LogP contribution >= 0.6 is 0 Å². The molecular weight excluding hydrogens is 176 g/mol. The van der Waals surface area contributed by atoms with Gasteiger partial charge in [-0.2, -0.15) is 0 Å². The second-order valence-corrected chi connectivity index (χ2v) is 4.64. The summed E-state index contributed by atoms with van der Waals surface area (Å²) in [5.74, 6) is 0. The second-order valence-electron chi connectivity index (χ2n) is 4.64. The molecule has 0 spiro atoms. The van der Waals surface area contributed by atoms with Crippen molar-refractivity contribution in [3.05, 3.63) is 0 Å². The van der Waals surface area contributed by atoms with Crippen LogP contribution in [0.2, 0.25) is 0 Å². The Labute approximate surface area is 88.7 Å². The third kappa shape index (κ3) is 4.97. The molecule has 0 amide bonds. The maximum absolute atomic E-state index is 10.0. The molecule has 0 heterocycles. The Balaban J connectivity index is 3.83. The molecule has 0 aliphatic heterocycles. The van der Waals surface area contributed by atoms with Crippen molar-refractivity contribution in [2.75, 3.05) is 6.61 Å². The van der Waals surface area contributed by atoms with E-state index >= 15 is 0 Å². The molecule has 0 atom stereocenters. The predicted molar refractivity (Wildman–Crippen MR) is 60.5 cm³/mol. The minimum atomic E-state index is -0.524. The first-order chi connectivity index (χ1) is 6.39. The van der Waals surface area contributed by atoms with Gasteiger partial charge in [-0.25, -0.2) is 0 Å². The zero-order valence-electron chi connectivity index (χ0n) is 10.4. The Bertz CT molecular complexity index is 148. The summed E-state index contributed by atoms with van der Waals surface area (Å²) >= 11 is 0. The van der Waals surface area contributed by atoms with Gasteiger partial charge < -0.3 is 9.84 Å². The van der Waals surface area contributed by atoms with Crippen molar-refractivity contribution in [1.29, 1.82) is 0 Å². The highest BCUT2D eigenvalue weighted by atomic mass is 16.5. The Kier molecular flexibility index (Phi) is 5.68. The maximum Gasteiger partial charge on any atom is 0.0664 e. The lowest BCUT2D eigenvalue weighted by atomic mass is 9.94. The number of hydrogen-bond acceptors (Lipinski definition) is 2. The summed E-state index contributed by atoms with van der Waals surface area (Å²) in [5.41, 5.74) is -0.577. The monoisotopic (exact) mass is 202 g/mol. The van der Waals surface area contributed by atoms with Gasteiger partial charge in [-0.3, -0.25) is 0 Å². The molecule has 0 bridgehead atoms. The Morgan fingerprint density at radius 1 is 1.00 bits per heavy atom.